The first-order valence-electron chi connectivity index (χ1n) is 15.5. The molecule has 8 unspecified atom stereocenters. The lowest BCUT2D eigenvalue weighted by Crippen LogP contribution is -2.39. The van der Waals surface area contributed by atoms with Crippen molar-refractivity contribution in [3.63, 3.8) is 0 Å². The van der Waals surface area contributed by atoms with E-state index in [1.165, 1.54) is 42.4 Å². The summed E-state index contributed by atoms with van der Waals surface area (Å²) in [4.78, 5) is 0. The Morgan fingerprint density at radius 2 is 1.56 bits per heavy atom. The highest BCUT2D eigenvalue weighted by Crippen LogP contribution is 2.65. The van der Waals surface area contributed by atoms with Gasteiger partial charge in [-0.15, -0.1) is 0 Å². The zero-order chi connectivity index (χ0) is 26.9. The molecule has 4 heteroatoms. The molecule has 3 saturated carbocycles. The van der Waals surface area contributed by atoms with Gasteiger partial charge in [-0.1, -0.05) is 58.9 Å². The Hall–Kier alpha value is -2.04. The minimum Gasteiger partial charge on any atom is -0.491 e. The number of benzene rings is 2. The van der Waals surface area contributed by atoms with Crippen molar-refractivity contribution in [1.29, 1.82) is 0 Å². The number of rotatable bonds is 9. The molecule has 2 aliphatic heterocycles. The summed E-state index contributed by atoms with van der Waals surface area (Å²) in [6.45, 7) is 14.4. The van der Waals surface area contributed by atoms with Gasteiger partial charge in [0.2, 0.25) is 6.29 Å². The van der Waals surface area contributed by atoms with Crippen LogP contribution in [0.5, 0.6) is 11.5 Å². The van der Waals surface area contributed by atoms with Gasteiger partial charge in [0.15, 0.2) is 0 Å². The maximum absolute atomic E-state index is 6.50. The van der Waals surface area contributed by atoms with Gasteiger partial charge in [0, 0.05) is 17.4 Å². The third-order valence-electron chi connectivity index (χ3n) is 11.4. The van der Waals surface area contributed by atoms with Crippen LogP contribution in [0.4, 0.5) is 0 Å². The van der Waals surface area contributed by atoms with Crippen molar-refractivity contribution in [3.05, 3.63) is 59.2 Å². The molecule has 0 spiro atoms. The highest BCUT2D eigenvalue weighted by molar-refractivity contribution is 5.48. The van der Waals surface area contributed by atoms with Gasteiger partial charge in [-0.2, -0.15) is 0 Å². The lowest BCUT2D eigenvalue weighted by atomic mass is 9.62. The topological polar surface area (TPSA) is 40.2 Å². The Balaban J connectivity index is 1.19. The largest absolute Gasteiger partial charge is 0.491 e. The zero-order valence-corrected chi connectivity index (χ0v) is 24.5. The third kappa shape index (κ3) is 4.60. The molecule has 0 radical (unpaired) electrons. The molecule has 8 atom stereocenters. The van der Waals surface area contributed by atoms with Gasteiger partial charge in [0.05, 0.1) is 13.2 Å². The molecule has 0 amide bonds. The van der Waals surface area contributed by atoms with Crippen LogP contribution in [0, 0.1) is 35.5 Å². The average Bonchev–Trinajstić information content (AvgIpc) is 3.33. The first kappa shape index (κ1) is 25.9. The van der Waals surface area contributed by atoms with Crippen molar-refractivity contribution in [2.45, 2.75) is 89.9 Å². The summed E-state index contributed by atoms with van der Waals surface area (Å²) in [5.41, 5.74) is 3.90. The highest BCUT2D eigenvalue weighted by Gasteiger charge is 2.58. The smallest absolute Gasteiger partial charge is 0.202 e. The second kappa shape index (κ2) is 9.52. The van der Waals surface area contributed by atoms with Crippen molar-refractivity contribution in [3.8, 4) is 11.5 Å². The van der Waals surface area contributed by atoms with E-state index in [2.05, 4.69) is 77.1 Å². The molecular weight excluding hydrogens is 484 g/mol. The fourth-order valence-corrected chi connectivity index (χ4v) is 8.83. The van der Waals surface area contributed by atoms with E-state index in [9.17, 15) is 0 Å². The van der Waals surface area contributed by atoms with Crippen LogP contribution >= 0.6 is 0 Å². The van der Waals surface area contributed by atoms with Crippen LogP contribution in [0.1, 0.15) is 83.4 Å². The average molecular weight is 531 g/mol. The van der Waals surface area contributed by atoms with Gasteiger partial charge in [0.1, 0.15) is 24.2 Å². The van der Waals surface area contributed by atoms with Crippen molar-refractivity contribution >= 4 is 0 Å². The van der Waals surface area contributed by atoms with Crippen molar-refractivity contribution < 1.29 is 18.9 Å². The van der Waals surface area contributed by atoms with E-state index in [1.54, 1.807) is 0 Å². The lowest BCUT2D eigenvalue weighted by molar-refractivity contribution is -0.165. The van der Waals surface area contributed by atoms with E-state index in [1.807, 2.05) is 0 Å². The molecule has 210 valence electrons. The summed E-state index contributed by atoms with van der Waals surface area (Å²) in [5, 5.41) is 0. The molecule has 2 aromatic carbocycles. The molecule has 5 fully saturated rings. The zero-order valence-electron chi connectivity index (χ0n) is 24.5. The maximum atomic E-state index is 6.50. The minimum absolute atomic E-state index is 0.0456. The molecule has 2 saturated heterocycles. The Bertz CT molecular complexity index is 1190. The molecule has 7 rings (SSSR count). The molecule has 39 heavy (non-hydrogen) atoms. The summed E-state index contributed by atoms with van der Waals surface area (Å²) in [5.74, 6) is 7.27. The molecule has 0 N–H and O–H groups in total. The van der Waals surface area contributed by atoms with Crippen LogP contribution in [-0.4, -0.2) is 32.2 Å². The van der Waals surface area contributed by atoms with Gasteiger partial charge in [0.25, 0.3) is 0 Å². The number of epoxide rings is 1. The van der Waals surface area contributed by atoms with Crippen LogP contribution in [-0.2, 0) is 20.3 Å². The second-order valence-corrected chi connectivity index (χ2v) is 14.5. The van der Waals surface area contributed by atoms with Crippen LogP contribution < -0.4 is 9.47 Å². The molecule has 4 nitrogen and oxygen atoms in total. The van der Waals surface area contributed by atoms with Gasteiger partial charge in [-0.3, -0.25) is 0 Å². The third-order valence-corrected chi connectivity index (χ3v) is 11.4. The van der Waals surface area contributed by atoms with E-state index < -0.39 is 0 Å². The summed E-state index contributed by atoms with van der Waals surface area (Å²) in [6, 6.07) is 15.6. The summed E-state index contributed by atoms with van der Waals surface area (Å²) < 4.78 is 23.4. The lowest BCUT2D eigenvalue weighted by Gasteiger charge is -2.43. The van der Waals surface area contributed by atoms with Crippen molar-refractivity contribution in [1.82, 2.24) is 0 Å². The molecule has 2 bridgehead atoms. The van der Waals surface area contributed by atoms with Crippen LogP contribution in [0.3, 0.4) is 0 Å². The van der Waals surface area contributed by atoms with E-state index in [0.717, 1.165) is 60.7 Å². The predicted octanol–water partition coefficient (Wildman–Crippen LogP) is 7.51. The molecule has 2 heterocycles. The van der Waals surface area contributed by atoms with E-state index >= 15 is 0 Å². The van der Waals surface area contributed by atoms with E-state index in [0.29, 0.717) is 12.5 Å². The van der Waals surface area contributed by atoms with Crippen molar-refractivity contribution in [2.24, 2.45) is 35.5 Å². The SMILES string of the molecule is CC1CC2C3CC(C2C1)C(C(C)(C)c1cc(C(C)(C)c2ccc(OCC4CO4)cc2)ccc1OC1CCO1)C3. The monoisotopic (exact) mass is 530 g/mol. The maximum Gasteiger partial charge on any atom is 0.202 e. The molecule has 5 aliphatic rings. The van der Waals surface area contributed by atoms with Gasteiger partial charge >= 0.3 is 0 Å². The molecule has 3 aliphatic carbocycles. The summed E-state index contributed by atoms with van der Waals surface area (Å²) in [6.07, 6.45) is 6.88. The summed E-state index contributed by atoms with van der Waals surface area (Å²) >= 11 is 0. The van der Waals surface area contributed by atoms with Crippen LogP contribution in [0.25, 0.3) is 0 Å². The Morgan fingerprint density at radius 3 is 2.26 bits per heavy atom. The Labute approximate surface area is 234 Å². The Kier molecular flexibility index (Phi) is 6.32. The number of hydrogen-bond acceptors (Lipinski definition) is 4. The van der Waals surface area contributed by atoms with Crippen LogP contribution in [0.2, 0.25) is 0 Å². The Morgan fingerprint density at radius 1 is 0.846 bits per heavy atom. The van der Waals surface area contributed by atoms with E-state index in [-0.39, 0.29) is 23.2 Å². The fourth-order valence-electron chi connectivity index (χ4n) is 8.83. The normalized spacial score (nSPS) is 35.0. The summed E-state index contributed by atoms with van der Waals surface area (Å²) in [7, 11) is 0. The first-order valence-corrected chi connectivity index (χ1v) is 15.5. The van der Waals surface area contributed by atoms with Crippen LogP contribution in [0.15, 0.2) is 42.5 Å². The van der Waals surface area contributed by atoms with Gasteiger partial charge in [-0.05, 0) is 95.9 Å². The number of hydrogen-bond donors (Lipinski definition) is 0. The first-order chi connectivity index (χ1) is 18.7. The standard InChI is InChI=1S/C35H46O4/c1-21-14-27-22-16-29(28(27)15-21)30(17-22)35(4,5)31-18-24(8-11-32(31)39-33-12-13-36-33)34(2,3)23-6-9-25(10-7-23)37-19-26-20-38-26/h6-11,18,21-22,26-30,33H,12-17,19-20H2,1-5H3. The molecule has 2 aromatic rings. The van der Waals surface area contributed by atoms with Gasteiger partial charge < -0.3 is 18.9 Å². The second-order valence-electron chi connectivity index (χ2n) is 14.5. The van der Waals surface area contributed by atoms with Gasteiger partial charge in [-0.25, -0.2) is 0 Å². The minimum atomic E-state index is -0.144. The molecular formula is C35H46O4. The van der Waals surface area contributed by atoms with Crippen molar-refractivity contribution in [2.75, 3.05) is 19.8 Å². The predicted molar refractivity (Wildman–Crippen MR) is 153 cm³/mol. The van der Waals surface area contributed by atoms with E-state index in [4.69, 9.17) is 18.9 Å². The highest BCUT2D eigenvalue weighted by atomic mass is 16.7. The molecule has 0 aromatic heterocycles. The number of ether oxygens (including phenoxy) is 4. The fraction of sp³-hybridized carbons (Fsp3) is 0.657. The quantitative estimate of drug-likeness (QED) is 0.315. The number of fused-ring (bicyclic) bond motifs is 5.